The molecule has 0 saturated carbocycles. The molecular weight excluding hydrogens is 204 g/mol. The Morgan fingerprint density at radius 3 is 2.82 bits per heavy atom. The molecule has 3 heteroatoms. The second kappa shape index (κ2) is 2.34. The van der Waals surface area contributed by atoms with E-state index >= 15 is 0 Å². The Balaban J connectivity index is 2.95. The van der Waals surface area contributed by atoms with Crippen molar-refractivity contribution in [3.05, 3.63) is 30.0 Å². The van der Waals surface area contributed by atoms with Crippen LogP contribution in [0.2, 0.25) is 0 Å². The summed E-state index contributed by atoms with van der Waals surface area (Å²) in [6.07, 6.45) is 0. The molecule has 0 fully saturated rings. The van der Waals surface area contributed by atoms with Crippen molar-refractivity contribution < 1.29 is 0 Å². The summed E-state index contributed by atoms with van der Waals surface area (Å²) >= 11 is 3.32. The van der Waals surface area contributed by atoms with Gasteiger partial charge in [0.25, 0.3) is 0 Å². The van der Waals surface area contributed by atoms with Crippen LogP contribution in [0.25, 0.3) is 10.9 Å². The van der Waals surface area contributed by atoms with Gasteiger partial charge in [0.15, 0.2) is 0 Å². The van der Waals surface area contributed by atoms with E-state index in [1.807, 2.05) is 25.1 Å². The minimum Gasteiger partial charge on any atom is -0.197 e. The molecule has 0 aliphatic carbocycles. The fourth-order valence-corrected chi connectivity index (χ4v) is 1.73. The maximum atomic E-state index is 4.22. The smallest absolute Gasteiger partial charge is 0.0815 e. The lowest BCUT2D eigenvalue weighted by Crippen LogP contribution is -1.79. The van der Waals surface area contributed by atoms with Crippen molar-refractivity contribution in [3.63, 3.8) is 0 Å². The van der Waals surface area contributed by atoms with Crippen molar-refractivity contribution in [2.75, 3.05) is 0 Å². The number of halogens is 1. The predicted molar refractivity (Wildman–Crippen MR) is 48.8 cm³/mol. The molecule has 0 unspecified atom stereocenters. The molecule has 1 aromatic carbocycles. The van der Waals surface area contributed by atoms with Crippen molar-refractivity contribution in [2.45, 2.75) is 6.92 Å². The van der Waals surface area contributed by atoms with E-state index in [-0.39, 0.29) is 0 Å². The highest BCUT2D eigenvalue weighted by atomic mass is 79.9. The number of hydrogen-bond donors (Lipinski definition) is 0. The van der Waals surface area contributed by atoms with Gasteiger partial charge in [0.05, 0.1) is 27.4 Å². The zero-order chi connectivity index (χ0) is 7.84. The van der Waals surface area contributed by atoms with Gasteiger partial charge < -0.3 is 0 Å². The zero-order valence-corrected chi connectivity index (χ0v) is 7.67. The second-order valence-electron chi connectivity index (χ2n) is 2.46. The SMILES string of the molecule is Cc1nn(Br)c2ccccc12. The molecular formula is C8H7BrN2. The third-order valence-corrected chi connectivity index (χ3v) is 2.27. The van der Waals surface area contributed by atoms with Gasteiger partial charge in [0.2, 0.25) is 0 Å². The van der Waals surface area contributed by atoms with E-state index in [1.54, 1.807) is 3.71 Å². The molecule has 0 amide bonds. The van der Waals surface area contributed by atoms with E-state index in [2.05, 4.69) is 27.3 Å². The number of fused-ring (bicyclic) bond motifs is 1. The molecule has 2 nitrogen and oxygen atoms in total. The lowest BCUT2D eigenvalue weighted by atomic mass is 10.2. The average molecular weight is 211 g/mol. The van der Waals surface area contributed by atoms with Crippen LogP contribution in [0.4, 0.5) is 0 Å². The van der Waals surface area contributed by atoms with E-state index in [1.165, 1.54) is 5.39 Å². The first-order valence-electron chi connectivity index (χ1n) is 3.39. The van der Waals surface area contributed by atoms with Gasteiger partial charge in [-0.25, -0.2) is 0 Å². The van der Waals surface area contributed by atoms with Crippen LogP contribution in [-0.4, -0.2) is 8.81 Å². The van der Waals surface area contributed by atoms with Crippen LogP contribution >= 0.6 is 16.1 Å². The number of hydrogen-bond acceptors (Lipinski definition) is 1. The molecule has 0 atom stereocenters. The molecule has 0 bridgehead atoms. The number of aromatic nitrogens is 2. The Labute approximate surface area is 73.2 Å². The first kappa shape index (κ1) is 6.85. The van der Waals surface area contributed by atoms with Gasteiger partial charge in [-0.05, 0) is 13.0 Å². The lowest BCUT2D eigenvalue weighted by Gasteiger charge is -1.87. The molecule has 0 saturated heterocycles. The fourth-order valence-electron chi connectivity index (χ4n) is 1.18. The third kappa shape index (κ3) is 0.959. The first-order valence-corrected chi connectivity index (χ1v) is 4.10. The van der Waals surface area contributed by atoms with Gasteiger partial charge >= 0.3 is 0 Å². The van der Waals surface area contributed by atoms with Gasteiger partial charge in [-0.1, -0.05) is 18.2 Å². The van der Waals surface area contributed by atoms with Crippen molar-refractivity contribution in [3.8, 4) is 0 Å². The highest BCUT2D eigenvalue weighted by Gasteiger charge is 2.02. The summed E-state index contributed by atoms with van der Waals surface area (Å²) in [5, 5.41) is 5.42. The lowest BCUT2D eigenvalue weighted by molar-refractivity contribution is 1.02. The summed E-state index contributed by atoms with van der Waals surface area (Å²) in [7, 11) is 0. The maximum absolute atomic E-state index is 4.22. The Morgan fingerprint density at radius 1 is 1.36 bits per heavy atom. The molecule has 0 aliphatic rings. The number of para-hydroxylation sites is 1. The standard InChI is InChI=1S/C8H7BrN2/c1-6-7-4-2-3-5-8(7)11(9)10-6/h2-5H,1H3. The van der Waals surface area contributed by atoms with Crippen molar-refractivity contribution >= 4 is 27.1 Å². The summed E-state index contributed by atoms with van der Waals surface area (Å²) in [6.45, 7) is 2.00. The van der Waals surface area contributed by atoms with Gasteiger partial charge in [-0.15, -0.1) is 0 Å². The summed E-state index contributed by atoms with van der Waals surface area (Å²) in [5.74, 6) is 0. The van der Waals surface area contributed by atoms with Crippen molar-refractivity contribution in [1.29, 1.82) is 0 Å². The quantitative estimate of drug-likeness (QED) is 0.654. The number of nitrogens with zero attached hydrogens (tertiary/aromatic N) is 2. The van der Waals surface area contributed by atoms with Crippen molar-refractivity contribution in [2.24, 2.45) is 0 Å². The monoisotopic (exact) mass is 210 g/mol. The molecule has 0 radical (unpaired) electrons. The van der Waals surface area contributed by atoms with E-state index in [0.717, 1.165) is 11.2 Å². The normalized spacial score (nSPS) is 10.7. The van der Waals surface area contributed by atoms with Crippen LogP contribution in [0.15, 0.2) is 24.3 Å². The van der Waals surface area contributed by atoms with Crippen LogP contribution in [0.3, 0.4) is 0 Å². The van der Waals surface area contributed by atoms with E-state index in [4.69, 9.17) is 0 Å². The van der Waals surface area contributed by atoms with Crippen LogP contribution in [0.5, 0.6) is 0 Å². The highest BCUT2D eigenvalue weighted by molar-refractivity contribution is 9.08. The number of aryl methyl sites for hydroxylation is 1. The van der Waals surface area contributed by atoms with Crippen molar-refractivity contribution in [1.82, 2.24) is 8.81 Å². The summed E-state index contributed by atoms with van der Waals surface area (Å²) in [4.78, 5) is 0. The van der Waals surface area contributed by atoms with Gasteiger partial charge in [0.1, 0.15) is 0 Å². The fraction of sp³-hybridized carbons (Fsp3) is 0.125. The Kier molecular flexibility index (Phi) is 1.46. The molecule has 0 spiro atoms. The van der Waals surface area contributed by atoms with E-state index < -0.39 is 0 Å². The van der Waals surface area contributed by atoms with Gasteiger partial charge in [0, 0.05) is 5.39 Å². The molecule has 11 heavy (non-hydrogen) atoms. The average Bonchev–Trinajstić information content (AvgIpc) is 2.30. The zero-order valence-electron chi connectivity index (χ0n) is 6.08. The Morgan fingerprint density at radius 2 is 2.09 bits per heavy atom. The maximum Gasteiger partial charge on any atom is 0.0815 e. The molecule has 0 N–H and O–H groups in total. The summed E-state index contributed by atoms with van der Waals surface area (Å²) < 4.78 is 1.72. The topological polar surface area (TPSA) is 17.8 Å². The third-order valence-electron chi connectivity index (χ3n) is 1.73. The predicted octanol–water partition coefficient (Wildman–Crippen LogP) is 2.50. The summed E-state index contributed by atoms with van der Waals surface area (Å²) in [5.41, 5.74) is 2.17. The van der Waals surface area contributed by atoms with Gasteiger partial charge in [-0.3, -0.25) is 0 Å². The van der Waals surface area contributed by atoms with Crippen LogP contribution < -0.4 is 0 Å². The minimum absolute atomic E-state index is 1.05. The van der Waals surface area contributed by atoms with Crippen LogP contribution in [0.1, 0.15) is 5.69 Å². The number of benzene rings is 1. The Hall–Kier alpha value is -0.830. The Bertz CT molecular complexity index is 356. The molecule has 0 aliphatic heterocycles. The highest BCUT2D eigenvalue weighted by Crippen LogP contribution is 2.18. The van der Waals surface area contributed by atoms with Gasteiger partial charge in [-0.2, -0.15) is 8.81 Å². The molecule has 2 aromatic rings. The molecule has 1 heterocycles. The van der Waals surface area contributed by atoms with Crippen LogP contribution in [0, 0.1) is 6.92 Å². The minimum atomic E-state index is 1.05. The molecule has 2 rings (SSSR count). The van der Waals surface area contributed by atoms with E-state index in [9.17, 15) is 0 Å². The molecule has 56 valence electrons. The largest absolute Gasteiger partial charge is 0.197 e. The molecule has 1 aromatic heterocycles. The second-order valence-corrected chi connectivity index (χ2v) is 3.13. The van der Waals surface area contributed by atoms with Crippen LogP contribution in [-0.2, 0) is 0 Å². The van der Waals surface area contributed by atoms with E-state index in [0.29, 0.717) is 0 Å². The first-order chi connectivity index (χ1) is 5.29. The number of rotatable bonds is 0. The summed E-state index contributed by atoms with van der Waals surface area (Å²) in [6, 6.07) is 8.12.